The van der Waals surface area contributed by atoms with E-state index in [4.69, 9.17) is 0 Å². The Morgan fingerprint density at radius 2 is 0.667 bits per heavy atom. The van der Waals surface area contributed by atoms with Crippen LogP contribution in [0.25, 0.3) is 0 Å². The molecule has 2 aliphatic rings. The minimum atomic E-state index is -6.00. The number of carbonyl (C=O) groups is 1. The SMILES string of the molecule is C1=C\CC/C=C\CC/1.F[B-](F)(F)F.F[B-](F)(F)F.F[B-](F)(F)F.O=C(c1ccccc1)N1C[C@@H](c2ccc(Pc3ccccc3)cc2)[C@H](c2ccc(Pc3ccccc3)cc2)C1.[Rh+3]. The van der Waals surface area contributed by atoms with Crippen molar-refractivity contribution < 1.29 is 76.1 Å². The second-order valence-corrected chi connectivity index (χ2v) is 16.4. The van der Waals surface area contributed by atoms with Crippen LogP contribution in [0.3, 0.4) is 0 Å². The number of benzene rings is 5. The fourth-order valence-corrected chi connectivity index (χ4v) is 8.32. The van der Waals surface area contributed by atoms with Crippen molar-refractivity contribution in [3.05, 3.63) is 181 Å². The third-order valence-electron chi connectivity index (χ3n) is 8.76. The van der Waals surface area contributed by atoms with Crippen LogP contribution in [0.4, 0.5) is 51.8 Å². The second-order valence-electron chi connectivity index (χ2n) is 13.6. The number of hydrogen-bond donors (Lipinski definition) is 0. The number of nitrogens with zero attached hydrogens (tertiary/aromatic N) is 1. The van der Waals surface area contributed by atoms with Crippen LogP contribution in [0, 0.1) is 0 Å². The second kappa shape index (κ2) is 27.9. The van der Waals surface area contributed by atoms with Crippen molar-refractivity contribution in [3.63, 3.8) is 0 Å². The van der Waals surface area contributed by atoms with Gasteiger partial charge in [-0.15, -0.1) is 0 Å². The number of amides is 1. The zero-order valence-electron chi connectivity index (χ0n) is 33.4. The van der Waals surface area contributed by atoms with E-state index in [1.807, 2.05) is 35.2 Å². The van der Waals surface area contributed by atoms with Gasteiger partial charge in [0, 0.05) is 30.5 Å². The molecule has 7 rings (SSSR count). The van der Waals surface area contributed by atoms with E-state index in [-0.39, 0.29) is 37.2 Å². The van der Waals surface area contributed by atoms with E-state index in [2.05, 4.69) is 133 Å². The Bertz CT molecular complexity index is 1920. The fraction of sp³-hybridized carbons (Fsp3) is 0.186. The molecule has 1 aliphatic heterocycles. The predicted molar refractivity (Wildman–Crippen MR) is 236 cm³/mol. The van der Waals surface area contributed by atoms with Gasteiger partial charge in [0.1, 0.15) is 0 Å². The molecule has 0 spiro atoms. The summed E-state index contributed by atoms with van der Waals surface area (Å²) >= 11 is 0. The molecule has 1 amide bonds. The van der Waals surface area contributed by atoms with Crippen molar-refractivity contribution in [2.75, 3.05) is 13.1 Å². The van der Waals surface area contributed by atoms with Gasteiger partial charge >= 0.3 is 41.2 Å². The average molecular weight is 1020 g/mol. The number of rotatable bonds is 7. The van der Waals surface area contributed by atoms with E-state index in [1.165, 1.54) is 58.0 Å². The fourth-order valence-electron chi connectivity index (χ4n) is 6.27. The maximum absolute atomic E-state index is 13.4. The Kier molecular flexibility index (Phi) is 24.4. The molecule has 0 bridgehead atoms. The molecular weight excluding hydrogens is 972 g/mol. The Morgan fingerprint density at radius 3 is 0.952 bits per heavy atom. The number of hydrogen-bond acceptors (Lipinski definition) is 1. The van der Waals surface area contributed by atoms with Crippen LogP contribution in [-0.4, -0.2) is 45.7 Å². The first kappa shape index (κ1) is 55.0. The monoisotopic (exact) mass is 1020 g/mol. The minimum Gasteiger partial charge on any atom is -0.418 e. The summed E-state index contributed by atoms with van der Waals surface area (Å²) < 4.78 is 117. The zero-order chi connectivity index (χ0) is 45.6. The first-order chi connectivity index (χ1) is 29.2. The molecule has 1 saturated heterocycles. The largest absolute Gasteiger partial charge is 3.00 e. The van der Waals surface area contributed by atoms with E-state index in [0.29, 0.717) is 17.2 Å². The summed E-state index contributed by atoms with van der Waals surface area (Å²) in [6.07, 6.45) is 14.0. The standard InChI is InChI=1S/C35H31NOP2.C8H12.3BF4.Rh/c37-35(28-10-4-1-5-11-28)36-24-33(26-16-20-31(21-17-26)38-29-12-6-2-7-13-29)34(25-36)27-18-22-32(23-19-27)39-30-14-8-3-9-15-30;1-2-4-6-8-7-5-3-1;3*2-1(3,4)5;/h1-23,33-34,38-39H,24-25H2;1-2,7-8H,3-6H2;;;;/q;;3*-1;+3/b;2-1-,8-7-;;;;/t33-,34-;;;;;/m0...../s1. The number of carbonyl (C=O) groups excluding carboxylic acids is 1. The molecule has 2 nitrogen and oxygen atoms in total. The van der Waals surface area contributed by atoms with Crippen LogP contribution in [0.15, 0.2) is 164 Å². The normalized spacial score (nSPS) is 17.2. The molecule has 4 atom stereocenters. The molecule has 1 heterocycles. The van der Waals surface area contributed by atoms with Gasteiger partial charge in [-0.2, -0.15) is 0 Å². The smallest absolute Gasteiger partial charge is 0.418 e. The van der Waals surface area contributed by atoms with Crippen molar-refractivity contribution in [1.29, 1.82) is 0 Å². The molecular formula is C43H43B3F12NOP2Rh. The summed E-state index contributed by atoms with van der Waals surface area (Å²) in [4.78, 5) is 15.5. The van der Waals surface area contributed by atoms with E-state index in [9.17, 15) is 56.6 Å². The van der Waals surface area contributed by atoms with Crippen molar-refractivity contribution in [2.45, 2.75) is 37.5 Å². The van der Waals surface area contributed by atoms with Crippen molar-refractivity contribution in [3.8, 4) is 0 Å². The number of likely N-dealkylation sites (tertiary alicyclic amines) is 1. The van der Waals surface area contributed by atoms with Crippen LogP contribution in [0.1, 0.15) is 59.0 Å². The Labute approximate surface area is 376 Å². The number of halogens is 12. The predicted octanol–water partition coefficient (Wildman–Crippen LogP) is 12.5. The molecule has 0 saturated carbocycles. The van der Waals surface area contributed by atoms with Crippen molar-refractivity contribution in [2.24, 2.45) is 0 Å². The molecule has 0 aromatic heterocycles. The van der Waals surface area contributed by atoms with E-state index < -0.39 is 21.8 Å². The molecule has 0 radical (unpaired) electrons. The summed E-state index contributed by atoms with van der Waals surface area (Å²) in [7, 11) is -16.7. The van der Waals surface area contributed by atoms with Gasteiger partial charge in [-0.25, -0.2) is 0 Å². The van der Waals surface area contributed by atoms with E-state index in [0.717, 1.165) is 18.7 Å². The zero-order valence-corrected chi connectivity index (χ0v) is 37.1. The molecule has 1 fully saturated rings. The molecule has 1 aliphatic carbocycles. The maximum atomic E-state index is 13.4. The van der Waals surface area contributed by atoms with Gasteiger partial charge in [0.2, 0.25) is 0 Å². The van der Waals surface area contributed by atoms with E-state index in [1.54, 1.807) is 0 Å². The molecule has 5 aromatic carbocycles. The maximum Gasteiger partial charge on any atom is 3.00 e. The topological polar surface area (TPSA) is 20.3 Å². The van der Waals surface area contributed by atoms with Crippen molar-refractivity contribution >= 4 is 66.0 Å². The Hall–Kier alpha value is -4.11. The quantitative estimate of drug-likeness (QED) is 0.0689. The van der Waals surface area contributed by atoms with Gasteiger partial charge in [0.05, 0.1) is 0 Å². The summed E-state index contributed by atoms with van der Waals surface area (Å²) in [5, 5.41) is 5.37. The summed E-state index contributed by atoms with van der Waals surface area (Å²) in [5.41, 5.74) is 3.37. The van der Waals surface area contributed by atoms with Crippen LogP contribution in [-0.2, 0) is 19.5 Å². The Morgan fingerprint density at radius 1 is 0.413 bits per heavy atom. The summed E-state index contributed by atoms with van der Waals surface area (Å²) in [6, 6.07) is 49.2. The average Bonchev–Trinajstić information content (AvgIpc) is 3.63. The first-order valence-electron chi connectivity index (χ1n) is 19.3. The first-order valence-corrected chi connectivity index (χ1v) is 21.3. The van der Waals surface area contributed by atoms with Crippen LogP contribution < -0.4 is 21.2 Å². The minimum absolute atomic E-state index is 0. The van der Waals surface area contributed by atoms with Crippen LogP contribution in [0.5, 0.6) is 0 Å². The Balaban J connectivity index is 0.000000466. The summed E-state index contributed by atoms with van der Waals surface area (Å²) in [5.74, 6) is 0.635. The van der Waals surface area contributed by atoms with Gasteiger partial charge in [-0.05, 0) is 70.2 Å². The third-order valence-corrected chi connectivity index (χ3v) is 11.3. The van der Waals surface area contributed by atoms with Gasteiger partial charge in [0.25, 0.3) is 5.91 Å². The van der Waals surface area contributed by atoms with Gasteiger partial charge in [-0.1, -0.05) is 169 Å². The van der Waals surface area contributed by atoms with E-state index >= 15 is 0 Å². The van der Waals surface area contributed by atoms with Gasteiger partial charge in [0.15, 0.2) is 0 Å². The summed E-state index contributed by atoms with van der Waals surface area (Å²) in [6.45, 7) is 1.46. The molecule has 20 heteroatoms. The molecule has 63 heavy (non-hydrogen) atoms. The van der Waals surface area contributed by atoms with Crippen LogP contribution >= 0.6 is 17.2 Å². The molecule has 2 unspecified atom stereocenters. The molecule has 0 N–H and O–H groups in total. The van der Waals surface area contributed by atoms with Crippen LogP contribution in [0.2, 0.25) is 0 Å². The molecule has 338 valence electrons. The van der Waals surface area contributed by atoms with Gasteiger partial charge in [-0.3, -0.25) is 4.79 Å². The third kappa shape index (κ3) is 25.7. The van der Waals surface area contributed by atoms with Gasteiger partial charge < -0.3 is 56.7 Å². The van der Waals surface area contributed by atoms with Crippen molar-refractivity contribution in [1.82, 2.24) is 4.90 Å². The number of allylic oxidation sites excluding steroid dienone is 4. The molecule has 5 aromatic rings.